The topological polar surface area (TPSA) is 75.7 Å². The zero-order valence-corrected chi connectivity index (χ0v) is 17.6. The van der Waals surface area contributed by atoms with Crippen LogP contribution in [0.2, 0.25) is 0 Å². The summed E-state index contributed by atoms with van der Waals surface area (Å²) < 4.78 is 31.1. The lowest BCUT2D eigenvalue weighted by Crippen LogP contribution is -2.41. The number of nitrogens with one attached hydrogen (secondary N) is 1. The smallest absolute Gasteiger partial charge is 0.328 e. The second-order valence-electron chi connectivity index (χ2n) is 6.06. The summed E-state index contributed by atoms with van der Waals surface area (Å²) in [6.07, 6.45) is 1.73. The lowest BCUT2D eigenvalue weighted by Gasteiger charge is -2.33. The van der Waals surface area contributed by atoms with Crippen LogP contribution in [-0.4, -0.2) is 51.3 Å². The summed E-state index contributed by atoms with van der Waals surface area (Å²) in [5, 5.41) is 0. The van der Waals surface area contributed by atoms with Crippen molar-refractivity contribution in [2.75, 3.05) is 26.0 Å². The van der Waals surface area contributed by atoms with Crippen LogP contribution in [0.5, 0.6) is 0 Å². The van der Waals surface area contributed by atoms with Gasteiger partial charge in [-0.3, -0.25) is 4.90 Å². The number of carbonyl (C=O) groups excluding carboxylic acids is 1. The van der Waals surface area contributed by atoms with Gasteiger partial charge in [0.1, 0.15) is 6.04 Å². The normalized spacial score (nSPS) is 13.2. The number of benzene rings is 1. The van der Waals surface area contributed by atoms with Crippen molar-refractivity contribution in [2.24, 2.45) is 0 Å². The fourth-order valence-corrected chi connectivity index (χ4v) is 3.31. The maximum atomic E-state index is 12.6. The second-order valence-corrected chi connectivity index (χ2v) is 8.81. The van der Waals surface area contributed by atoms with Crippen LogP contribution in [0, 0.1) is 0 Å². The fraction of sp³-hybridized carbons (Fsp3) is 0.588. The molecular formula is C17H27BrN2O4S. The summed E-state index contributed by atoms with van der Waals surface area (Å²) in [6, 6.07) is 7.16. The van der Waals surface area contributed by atoms with Gasteiger partial charge in [0.05, 0.1) is 12.9 Å². The molecule has 1 aromatic carbocycles. The average Bonchev–Trinajstić information content (AvgIpc) is 2.50. The van der Waals surface area contributed by atoms with Crippen LogP contribution in [0.15, 0.2) is 28.7 Å². The van der Waals surface area contributed by atoms with E-state index in [1.807, 2.05) is 43.0 Å². The van der Waals surface area contributed by atoms with Crippen molar-refractivity contribution in [3.8, 4) is 0 Å². The molecule has 0 aliphatic rings. The zero-order chi connectivity index (χ0) is 19.0. The molecule has 25 heavy (non-hydrogen) atoms. The first-order chi connectivity index (χ1) is 11.7. The van der Waals surface area contributed by atoms with E-state index in [0.29, 0.717) is 26.1 Å². The van der Waals surface area contributed by atoms with Crippen LogP contribution in [0.1, 0.15) is 38.8 Å². The van der Waals surface area contributed by atoms with Crippen LogP contribution in [0.4, 0.5) is 0 Å². The molecule has 8 heteroatoms. The molecule has 0 spiro atoms. The fourth-order valence-electron chi connectivity index (χ4n) is 2.53. The van der Waals surface area contributed by atoms with Gasteiger partial charge >= 0.3 is 5.97 Å². The van der Waals surface area contributed by atoms with Gasteiger partial charge in [-0.2, -0.15) is 0 Å². The number of halogens is 1. The Morgan fingerprint density at radius 2 is 1.88 bits per heavy atom. The van der Waals surface area contributed by atoms with E-state index >= 15 is 0 Å². The Hall–Kier alpha value is -0.960. The monoisotopic (exact) mass is 434 g/mol. The Morgan fingerprint density at radius 1 is 1.28 bits per heavy atom. The van der Waals surface area contributed by atoms with Gasteiger partial charge in [-0.15, -0.1) is 0 Å². The highest BCUT2D eigenvalue weighted by Gasteiger charge is 2.30. The Bertz CT molecular complexity index is 647. The summed E-state index contributed by atoms with van der Waals surface area (Å²) in [5.41, 5.74) is 0.853. The third kappa shape index (κ3) is 7.85. The summed E-state index contributed by atoms with van der Waals surface area (Å²) >= 11 is 3.40. The molecule has 1 rings (SSSR count). The number of sulfonamides is 1. The number of ether oxygens (including phenoxy) is 1. The molecule has 1 N–H and O–H groups in total. The van der Waals surface area contributed by atoms with E-state index < -0.39 is 16.1 Å². The summed E-state index contributed by atoms with van der Waals surface area (Å²) in [6.45, 7) is 7.02. The van der Waals surface area contributed by atoms with Crippen molar-refractivity contribution in [3.63, 3.8) is 0 Å². The lowest BCUT2D eigenvalue weighted by atomic mass is 10.0. The molecule has 0 saturated heterocycles. The van der Waals surface area contributed by atoms with Crippen molar-refractivity contribution in [2.45, 2.75) is 39.3 Å². The van der Waals surface area contributed by atoms with Crippen LogP contribution in [0.25, 0.3) is 0 Å². The number of esters is 1. The van der Waals surface area contributed by atoms with Crippen LogP contribution < -0.4 is 4.72 Å². The molecule has 1 atom stereocenters. The molecule has 0 saturated carbocycles. The number of carbonyl (C=O) groups is 1. The highest BCUT2D eigenvalue weighted by molar-refractivity contribution is 9.10. The first-order valence-corrected chi connectivity index (χ1v) is 11.0. The predicted octanol–water partition coefficient (Wildman–Crippen LogP) is 2.70. The largest absolute Gasteiger partial charge is 0.465 e. The molecule has 142 valence electrons. The van der Waals surface area contributed by atoms with Crippen LogP contribution in [0.3, 0.4) is 0 Å². The van der Waals surface area contributed by atoms with E-state index in [1.54, 1.807) is 6.92 Å². The van der Waals surface area contributed by atoms with E-state index in [9.17, 15) is 13.2 Å². The third-order valence-corrected chi connectivity index (χ3v) is 4.91. The molecule has 0 aliphatic carbocycles. The molecule has 1 aromatic rings. The molecule has 1 unspecified atom stereocenters. The summed E-state index contributed by atoms with van der Waals surface area (Å²) in [4.78, 5) is 14.6. The third-order valence-electron chi connectivity index (χ3n) is 3.65. The maximum absolute atomic E-state index is 12.6. The van der Waals surface area contributed by atoms with Crippen molar-refractivity contribution in [1.29, 1.82) is 0 Å². The summed E-state index contributed by atoms with van der Waals surface area (Å²) in [5.74, 6) is -0.297. The molecule has 0 bridgehead atoms. The van der Waals surface area contributed by atoms with Gasteiger partial charge in [0, 0.05) is 23.6 Å². The Kier molecular flexibility index (Phi) is 9.06. The molecule has 0 amide bonds. The van der Waals surface area contributed by atoms with Crippen LogP contribution >= 0.6 is 15.9 Å². The van der Waals surface area contributed by atoms with Gasteiger partial charge < -0.3 is 4.74 Å². The minimum Gasteiger partial charge on any atom is -0.465 e. The number of hydrogen-bond acceptors (Lipinski definition) is 5. The average molecular weight is 435 g/mol. The van der Waals surface area contributed by atoms with Crippen molar-refractivity contribution in [1.82, 2.24) is 9.62 Å². The Morgan fingerprint density at radius 3 is 2.36 bits per heavy atom. The van der Waals surface area contributed by atoms with E-state index in [4.69, 9.17) is 4.74 Å². The number of nitrogens with zero attached hydrogens (tertiary/aromatic N) is 1. The number of hydrogen-bond donors (Lipinski definition) is 1. The maximum Gasteiger partial charge on any atom is 0.328 e. The number of rotatable bonds is 10. The quantitative estimate of drug-likeness (QED) is 0.452. The van der Waals surface area contributed by atoms with Gasteiger partial charge in [0.15, 0.2) is 0 Å². The minimum atomic E-state index is -3.21. The van der Waals surface area contributed by atoms with Gasteiger partial charge in [-0.05, 0) is 44.9 Å². The first-order valence-electron chi connectivity index (χ1n) is 8.28. The summed E-state index contributed by atoms with van der Waals surface area (Å²) in [7, 11) is -3.21. The zero-order valence-electron chi connectivity index (χ0n) is 15.2. The Balaban J connectivity index is 2.96. The molecule has 0 heterocycles. The van der Waals surface area contributed by atoms with Crippen molar-refractivity contribution >= 4 is 31.9 Å². The van der Waals surface area contributed by atoms with Gasteiger partial charge in [-0.25, -0.2) is 17.9 Å². The minimum absolute atomic E-state index is 0.0938. The standard InChI is InChI=1S/C17H27BrN2O4S/c1-5-24-17(21)16(14-7-9-15(18)10-8-14)20(13(2)3)12-6-11-19-25(4,22)23/h7-10,13,16,19H,5-6,11-12H2,1-4H3. The molecule has 0 aromatic heterocycles. The molecule has 6 nitrogen and oxygen atoms in total. The molecule has 0 fully saturated rings. The second kappa shape index (κ2) is 10.3. The molecule has 0 radical (unpaired) electrons. The van der Waals surface area contributed by atoms with Gasteiger partial charge in [0.2, 0.25) is 10.0 Å². The molecule has 0 aliphatic heterocycles. The SMILES string of the molecule is CCOC(=O)C(c1ccc(Br)cc1)N(CCCNS(C)(=O)=O)C(C)C. The first kappa shape index (κ1) is 22.1. The van der Waals surface area contributed by atoms with Crippen LogP contribution in [-0.2, 0) is 19.6 Å². The van der Waals surface area contributed by atoms with Gasteiger partial charge in [-0.1, -0.05) is 28.1 Å². The lowest BCUT2D eigenvalue weighted by molar-refractivity contribution is -0.150. The van der Waals surface area contributed by atoms with E-state index in [1.165, 1.54) is 0 Å². The van der Waals surface area contributed by atoms with E-state index in [-0.39, 0.29) is 12.0 Å². The van der Waals surface area contributed by atoms with E-state index in [0.717, 1.165) is 16.3 Å². The Labute approximate surface area is 159 Å². The molecular weight excluding hydrogens is 408 g/mol. The van der Waals surface area contributed by atoms with Crippen molar-refractivity contribution < 1.29 is 17.9 Å². The highest BCUT2D eigenvalue weighted by atomic mass is 79.9. The van der Waals surface area contributed by atoms with Gasteiger partial charge in [0.25, 0.3) is 0 Å². The van der Waals surface area contributed by atoms with E-state index in [2.05, 4.69) is 20.7 Å². The predicted molar refractivity (Wildman–Crippen MR) is 103 cm³/mol. The van der Waals surface area contributed by atoms with Crippen molar-refractivity contribution in [3.05, 3.63) is 34.3 Å². The highest BCUT2D eigenvalue weighted by Crippen LogP contribution is 2.26.